The fourth-order valence-electron chi connectivity index (χ4n) is 2.19. The Bertz CT molecular complexity index is 828. The SMILES string of the molecule is Cc1cccc(Nc2c([N+](=O)[O-])cc(C(N)=O)cc2[N+](=O)[O-])c1C. The number of hydrogen-bond acceptors (Lipinski definition) is 6. The smallest absolute Gasteiger partial charge is 0.300 e. The highest BCUT2D eigenvalue weighted by Crippen LogP contribution is 2.38. The first kappa shape index (κ1) is 16.9. The van der Waals surface area contributed by atoms with E-state index in [2.05, 4.69) is 5.32 Å². The summed E-state index contributed by atoms with van der Waals surface area (Å²) in [6.45, 7) is 3.63. The lowest BCUT2D eigenvalue weighted by Gasteiger charge is -2.12. The molecule has 2 rings (SSSR count). The van der Waals surface area contributed by atoms with Crippen molar-refractivity contribution in [3.05, 3.63) is 67.3 Å². The lowest BCUT2D eigenvalue weighted by molar-refractivity contribution is -0.392. The van der Waals surface area contributed by atoms with Crippen molar-refractivity contribution in [2.45, 2.75) is 13.8 Å². The van der Waals surface area contributed by atoms with E-state index in [-0.39, 0.29) is 11.3 Å². The largest absolute Gasteiger partial charge is 0.366 e. The normalized spacial score (nSPS) is 10.2. The molecule has 24 heavy (non-hydrogen) atoms. The molecule has 0 atom stereocenters. The van der Waals surface area contributed by atoms with E-state index in [0.717, 1.165) is 23.3 Å². The van der Waals surface area contributed by atoms with Crippen molar-refractivity contribution in [3.8, 4) is 0 Å². The van der Waals surface area contributed by atoms with E-state index in [4.69, 9.17) is 5.73 Å². The van der Waals surface area contributed by atoms with Gasteiger partial charge in [-0.15, -0.1) is 0 Å². The number of rotatable bonds is 5. The van der Waals surface area contributed by atoms with Crippen LogP contribution in [-0.4, -0.2) is 15.8 Å². The van der Waals surface area contributed by atoms with Gasteiger partial charge in [-0.3, -0.25) is 25.0 Å². The summed E-state index contributed by atoms with van der Waals surface area (Å²) in [5, 5.41) is 25.4. The minimum absolute atomic E-state index is 0.302. The summed E-state index contributed by atoms with van der Waals surface area (Å²) in [5.74, 6) is -0.987. The third kappa shape index (κ3) is 3.14. The molecule has 9 heteroatoms. The van der Waals surface area contributed by atoms with Gasteiger partial charge in [0.25, 0.3) is 0 Å². The average Bonchev–Trinajstić information content (AvgIpc) is 2.51. The van der Waals surface area contributed by atoms with Gasteiger partial charge >= 0.3 is 11.4 Å². The lowest BCUT2D eigenvalue weighted by Crippen LogP contribution is -2.13. The van der Waals surface area contributed by atoms with Gasteiger partial charge in [0.2, 0.25) is 5.91 Å². The van der Waals surface area contributed by atoms with E-state index < -0.39 is 27.1 Å². The minimum atomic E-state index is -0.987. The third-order valence-electron chi connectivity index (χ3n) is 3.64. The van der Waals surface area contributed by atoms with Gasteiger partial charge in [0, 0.05) is 17.8 Å². The van der Waals surface area contributed by atoms with Gasteiger partial charge in [-0.1, -0.05) is 12.1 Å². The Hall–Kier alpha value is -3.49. The number of carbonyl (C=O) groups is 1. The van der Waals surface area contributed by atoms with Gasteiger partial charge in [-0.05, 0) is 31.0 Å². The maximum absolute atomic E-state index is 11.3. The van der Waals surface area contributed by atoms with Crippen molar-refractivity contribution in [2.24, 2.45) is 5.73 Å². The lowest BCUT2D eigenvalue weighted by atomic mass is 10.1. The van der Waals surface area contributed by atoms with Crippen LogP contribution in [0.15, 0.2) is 30.3 Å². The molecule has 2 aromatic rings. The van der Waals surface area contributed by atoms with Crippen LogP contribution in [0.4, 0.5) is 22.7 Å². The number of hydrogen-bond donors (Lipinski definition) is 2. The molecule has 0 radical (unpaired) electrons. The Kier molecular flexibility index (Phi) is 4.45. The fraction of sp³-hybridized carbons (Fsp3) is 0.133. The van der Waals surface area contributed by atoms with Crippen molar-refractivity contribution in [3.63, 3.8) is 0 Å². The molecule has 124 valence electrons. The summed E-state index contributed by atoms with van der Waals surface area (Å²) >= 11 is 0. The Morgan fingerprint density at radius 2 is 1.62 bits per heavy atom. The first-order valence-electron chi connectivity index (χ1n) is 6.82. The van der Waals surface area contributed by atoms with Crippen LogP contribution < -0.4 is 11.1 Å². The summed E-state index contributed by atoms with van der Waals surface area (Å²) in [4.78, 5) is 32.3. The zero-order chi connectivity index (χ0) is 18.0. The Morgan fingerprint density at radius 3 is 2.08 bits per heavy atom. The maximum atomic E-state index is 11.3. The van der Waals surface area contributed by atoms with Crippen LogP contribution in [0.5, 0.6) is 0 Å². The molecule has 0 unspecified atom stereocenters. The number of benzene rings is 2. The van der Waals surface area contributed by atoms with Gasteiger partial charge in [0.15, 0.2) is 5.69 Å². The molecule has 0 bridgehead atoms. The second kappa shape index (κ2) is 6.32. The zero-order valence-corrected chi connectivity index (χ0v) is 12.9. The molecular formula is C15H14N4O5. The fourth-order valence-corrected chi connectivity index (χ4v) is 2.19. The standard InChI is InChI=1S/C15H14N4O5/c1-8-4-3-5-11(9(8)2)17-14-12(18(21)22)6-10(15(16)20)7-13(14)19(23)24/h3-7,17H,1-2H3,(H2,16,20). The van der Waals surface area contributed by atoms with Crippen LogP contribution in [0.1, 0.15) is 21.5 Å². The predicted molar refractivity (Wildman–Crippen MR) is 87.5 cm³/mol. The number of nitrogens with one attached hydrogen (secondary N) is 1. The first-order chi connectivity index (χ1) is 11.2. The molecule has 0 fully saturated rings. The second-order valence-corrected chi connectivity index (χ2v) is 5.14. The summed E-state index contributed by atoms with van der Waals surface area (Å²) < 4.78 is 0. The van der Waals surface area contributed by atoms with E-state index in [1.807, 2.05) is 13.0 Å². The van der Waals surface area contributed by atoms with E-state index in [0.29, 0.717) is 5.69 Å². The highest BCUT2D eigenvalue weighted by molar-refractivity contribution is 5.97. The number of amides is 1. The van der Waals surface area contributed by atoms with Crippen molar-refractivity contribution in [2.75, 3.05) is 5.32 Å². The number of nitro groups is 2. The van der Waals surface area contributed by atoms with Gasteiger partial charge in [-0.2, -0.15) is 0 Å². The quantitative estimate of drug-likeness (QED) is 0.637. The molecule has 0 aromatic heterocycles. The van der Waals surface area contributed by atoms with Gasteiger partial charge < -0.3 is 11.1 Å². The van der Waals surface area contributed by atoms with E-state index in [1.54, 1.807) is 19.1 Å². The van der Waals surface area contributed by atoms with E-state index >= 15 is 0 Å². The van der Waals surface area contributed by atoms with Crippen LogP contribution in [0.3, 0.4) is 0 Å². The van der Waals surface area contributed by atoms with Crippen molar-refractivity contribution in [1.29, 1.82) is 0 Å². The molecule has 0 heterocycles. The molecule has 0 aliphatic rings. The monoisotopic (exact) mass is 330 g/mol. The Labute approximate surface area is 136 Å². The number of nitrogens with two attached hydrogens (primary N) is 1. The van der Waals surface area contributed by atoms with Gasteiger partial charge in [-0.25, -0.2) is 0 Å². The highest BCUT2D eigenvalue weighted by atomic mass is 16.6. The van der Waals surface area contributed by atoms with Crippen LogP contribution in [0, 0.1) is 34.1 Å². The highest BCUT2D eigenvalue weighted by Gasteiger charge is 2.28. The first-order valence-corrected chi connectivity index (χ1v) is 6.82. The molecule has 9 nitrogen and oxygen atoms in total. The molecule has 1 amide bonds. The molecule has 0 saturated carbocycles. The summed E-state index contributed by atoms with van der Waals surface area (Å²) in [5.41, 5.74) is 5.49. The summed E-state index contributed by atoms with van der Waals surface area (Å²) in [6, 6.07) is 7.06. The molecule has 0 saturated heterocycles. The molecule has 0 spiro atoms. The number of anilines is 2. The maximum Gasteiger partial charge on any atom is 0.300 e. The number of nitro benzene ring substituents is 2. The summed E-state index contributed by atoms with van der Waals surface area (Å²) in [6.07, 6.45) is 0. The molecule has 3 N–H and O–H groups in total. The predicted octanol–water partition coefficient (Wildman–Crippen LogP) is 2.96. The van der Waals surface area contributed by atoms with Gasteiger partial charge in [0.1, 0.15) is 0 Å². The summed E-state index contributed by atoms with van der Waals surface area (Å²) in [7, 11) is 0. The van der Waals surface area contributed by atoms with Crippen LogP contribution >= 0.6 is 0 Å². The van der Waals surface area contributed by atoms with E-state index in [1.165, 1.54) is 0 Å². The number of nitrogens with zero attached hydrogens (tertiary/aromatic N) is 2. The zero-order valence-electron chi connectivity index (χ0n) is 12.9. The second-order valence-electron chi connectivity index (χ2n) is 5.14. The minimum Gasteiger partial charge on any atom is -0.366 e. The topological polar surface area (TPSA) is 141 Å². The number of aryl methyl sites for hydroxylation is 1. The third-order valence-corrected chi connectivity index (χ3v) is 3.64. The molecule has 0 aliphatic carbocycles. The average molecular weight is 330 g/mol. The van der Waals surface area contributed by atoms with Crippen LogP contribution in [0.25, 0.3) is 0 Å². The van der Waals surface area contributed by atoms with E-state index in [9.17, 15) is 25.0 Å². The molecule has 0 aliphatic heterocycles. The van der Waals surface area contributed by atoms with Crippen molar-refractivity contribution < 1.29 is 14.6 Å². The molecule has 2 aromatic carbocycles. The molecular weight excluding hydrogens is 316 g/mol. The van der Waals surface area contributed by atoms with Crippen molar-refractivity contribution in [1.82, 2.24) is 0 Å². The Balaban J connectivity index is 2.71. The van der Waals surface area contributed by atoms with Crippen molar-refractivity contribution >= 4 is 28.7 Å². The van der Waals surface area contributed by atoms with Crippen LogP contribution in [0.2, 0.25) is 0 Å². The van der Waals surface area contributed by atoms with Gasteiger partial charge in [0.05, 0.1) is 15.4 Å². The number of primary amides is 1. The van der Waals surface area contributed by atoms with Crippen LogP contribution in [-0.2, 0) is 0 Å². The Morgan fingerprint density at radius 1 is 1.08 bits per heavy atom. The number of carbonyl (C=O) groups excluding carboxylic acids is 1.